The van der Waals surface area contributed by atoms with Crippen LogP contribution in [0.1, 0.15) is 22.8 Å². The van der Waals surface area contributed by atoms with E-state index in [4.69, 9.17) is 9.97 Å². The lowest BCUT2D eigenvalue weighted by atomic mass is 9.86. The maximum Gasteiger partial charge on any atom is 0.0776 e. The van der Waals surface area contributed by atoms with Gasteiger partial charge in [0.1, 0.15) is 0 Å². The van der Waals surface area contributed by atoms with Crippen molar-refractivity contribution < 1.29 is 0 Å². The van der Waals surface area contributed by atoms with Gasteiger partial charge < -0.3 is 9.97 Å². The normalized spacial score (nSPS) is 12.4. The monoisotopic (exact) mass is 1510 g/mol. The molecule has 8 bridgehead atoms. The van der Waals surface area contributed by atoms with E-state index in [1.807, 2.05) is 0 Å². The summed E-state index contributed by atoms with van der Waals surface area (Å²) in [6.07, 6.45) is 9.24. The first-order chi connectivity index (χ1) is 54.1. The zero-order valence-corrected chi connectivity index (χ0v) is 70.2. The zero-order chi connectivity index (χ0) is 77.2. The van der Waals surface area contributed by atoms with Gasteiger partial charge in [-0.1, -0.05) is 390 Å². The Labute approximate surface area is 664 Å². The van der Waals surface area contributed by atoms with Crippen LogP contribution in [0.15, 0.2) is 315 Å². The highest BCUT2D eigenvalue weighted by atomic mass is 28.3. The van der Waals surface area contributed by atoms with E-state index in [0.29, 0.717) is 0 Å². The van der Waals surface area contributed by atoms with Crippen molar-refractivity contribution >= 4 is 99.4 Å². The fourth-order valence-electron chi connectivity index (χ4n) is 16.4. The molecule has 0 aliphatic carbocycles. The number of aromatic amines is 2. The summed E-state index contributed by atoms with van der Waals surface area (Å²) in [5.41, 5.74) is 33.8. The molecule has 2 N–H and O–H groups in total. The van der Waals surface area contributed by atoms with Crippen LogP contribution in [-0.4, -0.2) is 52.2 Å². The van der Waals surface area contributed by atoms with E-state index in [2.05, 4.69) is 428 Å². The molecule has 0 radical (unpaired) electrons. The number of nitrogens with zero attached hydrogens (tertiary/aromatic N) is 2. The number of hydrogen-bond donors (Lipinski definition) is 2. The third-order valence-electron chi connectivity index (χ3n) is 22.4. The summed E-state index contributed by atoms with van der Waals surface area (Å²) >= 11 is 0. The van der Waals surface area contributed by atoms with Crippen LogP contribution in [0.5, 0.6) is 0 Å². The van der Waals surface area contributed by atoms with Crippen LogP contribution in [0.3, 0.4) is 0 Å². The van der Waals surface area contributed by atoms with Gasteiger partial charge in [0.2, 0.25) is 0 Å². The Morgan fingerprint density at radius 1 is 0.179 bits per heavy atom. The van der Waals surface area contributed by atoms with Gasteiger partial charge in [0.15, 0.2) is 0 Å². The number of hydrogen-bond acceptors (Lipinski definition) is 2. The summed E-state index contributed by atoms with van der Waals surface area (Å²) in [7, 11) is -8.10. The minimum atomic E-state index is -2.03. The lowest BCUT2D eigenvalue weighted by molar-refractivity contribution is 1.31. The van der Waals surface area contributed by atoms with Gasteiger partial charge in [0.05, 0.1) is 55.1 Å². The molecular formula is C104H94N4Si4. The largest absolute Gasteiger partial charge is 0.354 e. The highest BCUT2D eigenvalue weighted by molar-refractivity contribution is 6.90. The lowest BCUT2D eigenvalue weighted by Crippen LogP contribution is -2.37. The SMILES string of the molecule is C[Si](C)(C)c1cc(-c2ccccc2)c(-c2c3nc(c(-c4c(-c5ccccc5)cc([Si](C)(C)C)cc4-c4ccccc4)c4ccc([nH]4)c(-c4c(-c5ccccc5)cc([Si](C)(C)C)cc4-c4ccccc4)c4nc(c(-c5c(-c6ccccc6)cc([Si](C)(C)C)cc5-c5ccccc5)c5ccc2[nH]5)C=C4)C=C3)c(-c2ccccc2)c1. The van der Waals surface area contributed by atoms with Crippen LogP contribution in [0.25, 0.3) is 180 Å². The molecule has 5 heterocycles. The summed E-state index contributed by atoms with van der Waals surface area (Å²) in [5, 5.41) is 5.50. The van der Waals surface area contributed by atoms with E-state index in [0.717, 1.165) is 178 Å². The smallest absolute Gasteiger partial charge is 0.0776 e. The fraction of sp³-hybridized carbons (Fsp3) is 0.115. The van der Waals surface area contributed by atoms with E-state index in [1.54, 1.807) is 0 Å². The second-order valence-corrected chi connectivity index (χ2v) is 54.5. The second kappa shape index (κ2) is 29.4. The van der Waals surface area contributed by atoms with Crippen molar-refractivity contribution in [3.05, 3.63) is 338 Å². The van der Waals surface area contributed by atoms with E-state index < -0.39 is 32.3 Å². The van der Waals surface area contributed by atoms with Crippen molar-refractivity contribution in [2.75, 3.05) is 0 Å². The molecule has 17 rings (SSSR count). The number of nitrogens with one attached hydrogen (secondary N) is 2. The molecule has 0 spiro atoms. The molecule has 0 saturated carbocycles. The number of H-pyrrole nitrogens is 2. The molecule has 3 aromatic heterocycles. The van der Waals surface area contributed by atoms with Crippen molar-refractivity contribution in [3.8, 4) is 134 Å². The minimum absolute atomic E-state index is 0.843. The van der Waals surface area contributed by atoms with E-state index in [1.165, 1.54) is 20.7 Å². The Kier molecular flexibility index (Phi) is 19.2. The molecule has 112 heavy (non-hydrogen) atoms. The van der Waals surface area contributed by atoms with Gasteiger partial charge >= 0.3 is 0 Å². The van der Waals surface area contributed by atoms with Crippen LogP contribution >= 0.6 is 0 Å². The van der Waals surface area contributed by atoms with Gasteiger partial charge in [-0.25, -0.2) is 9.97 Å². The number of fused-ring (bicyclic) bond motifs is 8. The van der Waals surface area contributed by atoms with Crippen LogP contribution in [0, 0.1) is 0 Å². The van der Waals surface area contributed by atoms with Crippen LogP contribution in [0.4, 0.5) is 0 Å². The fourth-order valence-corrected chi connectivity index (χ4v) is 21.0. The molecule has 12 aromatic carbocycles. The molecule has 0 atom stereocenters. The van der Waals surface area contributed by atoms with Crippen molar-refractivity contribution in [2.45, 2.75) is 78.6 Å². The summed E-state index contributed by atoms with van der Waals surface area (Å²) < 4.78 is 0. The van der Waals surface area contributed by atoms with Crippen molar-refractivity contribution in [1.29, 1.82) is 0 Å². The van der Waals surface area contributed by atoms with E-state index in [9.17, 15) is 0 Å². The first-order valence-electron chi connectivity index (χ1n) is 39.4. The van der Waals surface area contributed by atoms with Crippen molar-refractivity contribution in [2.24, 2.45) is 0 Å². The standard InChI is InChI=1S/C104H94N4Si4/c1-109(2,3)77-61-81(69-37-21-13-22-38-69)97(82(62-77)70-39-23-14-24-40-70)101-89-53-55-91(105-89)102(98-83(71-41-25-15-26-42-71)63-78(110(4,5)6)64-84(98)72-43-27-16-28-44-72)93-57-59-95(107-93)104(100-87(75-49-33-19-34-50-75)67-80(112(10,11)12)68-88(100)76-51-35-20-36-52-76)96-60-58-94(108-96)103(92-56-54-90(101)106-92)99-85(73-45-29-17-30-46-73)65-79(111(7,8)9)66-86(99)74-47-31-18-32-48-74/h13-68,105,108H,1-12H3. The Balaban J connectivity index is 1.15. The molecule has 15 aromatic rings. The quantitative estimate of drug-likeness (QED) is 0.0947. The summed E-state index contributed by atoms with van der Waals surface area (Å²) in [5.74, 6) is 0. The summed E-state index contributed by atoms with van der Waals surface area (Å²) in [6.45, 7) is 29.7. The van der Waals surface area contributed by atoms with Gasteiger partial charge in [0, 0.05) is 66.6 Å². The van der Waals surface area contributed by atoms with Crippen molar-refractivity contribution in [1.82, 2.24) is 19.9 Å². The second-order valence-electron chi connectivity index (χ2n) is 34.2. The number of aromatic nitrogens is 4. The predicted octanol–water partition coefficient (Wildman–Crippen LogP) is 26.8. The van der Waals surface area contributed by atoms with E-state index >= 15 is 0 Å². The Bertz CT molecular complexity index is 5330. The average molecular weight is 1510 g/mol. The Morgan fingerprint density at radius 3 is 0.455 bits per heavy atom. The molecule has 8 heteroatoms. The zero-order valence-electron chi connectivity index (χ0n) is 66.2. The summed E-state index contributed by atoms with van der Waals surface area (Å²) in [4.78, 5) is 21.5. The lowest BCUT2D eigenvalue weighted by Gasteiger charge is -2.25. The highest BCUT2D eigenvalue weighted by Crippen LogP contribution is 2.51. The molecule has 2 aliphatic rings. The third kappa shape index (κ3) is 14.1. The van der Waals surface area contributed by atoms with Gasteiger partial charge in [-0.15, -0.1) is 0 Å². The first-order valence-corrected chi connectivity index (χ1v) is 53.4. The minimum Gasteiger partial charge on any atom is -0.354 e. The van der Waals surface area contributed by atoms with Gasteiger partial charge in [-0.3, -0.25) is 0 Å². The van der Waals surface area contributed by atoms with Crippen molar-refractivity contribution in [3.63, 3.8) is 0 Å². The molecule has 0 amide bonds. The maximum absolute atomic E-state index is 6.34. The Hall–Kier alpha value is -11.9. The molecule has 0 saturated heterocycles. The molecule has 546 valence electrons. The molecular weight excluding hydrogens is 1420 g/mol. The molecule has 0 unspecified atom stereocenters. The van der Waals surface area contributed by atoms with E-state index in [-0.39, 0.29) is 0 Å². The third-order valence-corrected chi connectivity index (χ3v) is 30.5. The number of benzene rings is 12. The molecule has 4 nitrogen and oxygen atoms in total. The molecule has 0 fully saturated rings. The predicted molar refractivity (Wildman–Crippen MR) is 496 cm³/mol. The molecule has 2 aliphatic heterocycles. The average Bonchev–Trinajstić information content (AvgIpc) is 1.68. The van der Waals surface area contributed by atoms with Gasteiger partial charge in [0.25, 0.3) is 0 Å². The Morgan fingerprint density at radius 2 is 0.321 bits per heavy atom. The highest BCUT2D eigenvalue weighted by Gasteiger charge is 2.33. The van der Waals surface area contributed by atoms with Crippen LogP contribution in [-0.2, 0) is 0 Å². The van der Waals surface area contributed by atoms with Crippen LogP contribution < -0.4 is 20.7 Å². The van der Waals surface area contributed by atoms with Crippen LogP contribution in [0.2, 0.25) is 78.6 Å². The van der Waals surface area contributed by atoms with Gasteiger partial charge in [-0.2, -0.15) is 0 Å². The van der Waals surface area contributed by atoms with Gasteiger partial charge in [-0.05, 0) is 138 Å². The first kappa shape index (κ1) is 72.9. The summed E-state index contributed by atoms with van der Waals surface area (Å²) in [6, 6.07) is 118. The number of rotatable bonds is 16. The maximum atomic E-state index is 6.34. The topological polar surface area (TPSA) is 57.4 Å².